The molecule has 30 heavy (non-hydrogen) atoms. The number of nitrogens with one attached hydrogen (secondary N) is 3. The van der Waals surface area contributed by atoms with Crippen LogP contribution in [0.3, 0.4) is 0 Å². The summed E-state index contributed by atoms with van der Waals surface area (Å²) in [5, 5.41) is 19.4. The first-order valence-electron chi connectivity index (χ1n) is 11.5. The second-order valence-corrected chi connectivity index (χ2v) is 9.40. The number of hydrogen-bond donors (Lipinski definition) is 3. The predicted octanol–water partition coefficient (Wildman–Crippen LogP) is 1.91. The van der Waals surface area contributed by atoms with Gasteiger partial charge in [0.1, 0.15) is 11.6 Å². The largest absolute Gasteiger partial charge is 0.378 e. The number of nitrogens with zero attached hydrogens (tertiary/aromatic N) is 2. The van der Waals surface area contributed by atoms with Crippen LogP contribution in [0.5, 0.6) is 0 Å². The Bertz CT molecular complexity index is 627. The first-order valence-corrected chi connectivity index (χ1v) is 11.5. The minimum Gasteiger partial charge on any atom is -0.378 e. The van der Waals surface area contributed by atoms with Gasteiger partial charge in [-0.1, -0.05) is 32.1 Å². The Balaban J connectivity index is 1.69. The molecule has 1 aliphatic carbocycles. The van der Waals surface area contributed by atoms with E-state index < -0.39 is 11.6 Å². The maximum absolute atomic E-state index is 13.3. The van der Waals surface area contributed by atoms with Crippen molar-refractivity contribution in [2.75, 3.05) is 26.3 Å². The number of amides is 3. The molecule has 0 radical (unpaired) electrons. The van der Waals surface area contributed by atoms with Crippen LogP contribution in [0.4, 0.5) is 4.79 Å². The molecule has 3 fully saturated rings. The Morgan fingerprint density at radius 1 is 1.17 bits per heavy atom. The van der Waals surface area contributed by atoms with Crippen LogP contribution < -0.4 is 16.0 Å². The second kappa shape index (κ2) is 10.5. The topological polar surface area (TPSA) is 106 Å². The Morgan fingerprint density at radius 2 is 1.80 bits per heavy atom. The Kier molecular flexibility index (Phi) is 7.95. The summed E-state index contributed by atoms with van der Waals surface area (Å²) in [6.07, 6.45) is 7.55. The van der Waals surface area contributed by atoms with Crippen molar-refractivity contribution >= 4 is 11.9 Å². The molecule has 3 N–H and O–H groups in total. The van der Waals surface area contributed by atoms with E-state index in [9.17, 15) is 14.9 Å². The lowest BCUT2D eigenvalue weighted by Gasteiger charge is -2.40. The number of hydrogen-bond acceptors (Lipinski definition) is 5. The van der Waals surface area contributed by atoms with Gasteiger partial charge in [0.2, 0.25) is 5.91 Å². The molecule has 2 heterocycles. The standard InChI is InChI=1S/C22H37N5O3/c1-16-13-22(15-23,14-17(2)24-16)26-20(28)19(12-18-6-4-3-5-7-18)25-21(29)27-8-10-30-11-9-27/h16-19,24H,3-14H2,1-2H3,(H,25,29)(H,26,28). The zero-order valence-electron chi connectivity index (χ0n) is 18.4. The van der Waals surface area contributed by atoms with Crippen LogP contribution >= 0.6 is 0 Å². The first-order chi connectivity index (χ1) is 14.4. The van der Waals surface area contributed by atoms with E-state index in [1.807, 2.05) is 13.8 Å². The monoisotopic (exact) mass is 419 g/mol. The van der Waals surface area contributed by atoms with Crippen LogP contribution in [0.25, 0.3) is 0 Å². The van der Waals surface area contributed by atoms with Crippen LogP contribution in [-0.2, 0) is 9.53 Å². The Morgan fingerprint density at radius 3 is 2.40 bits per heavy atom. The molecule has 3 amide bonds. The molecular weight excluding hydrogens is 382 g/mol. The van der Waals surface area contributed by atoms with Gasteiger partial charge in [-0.05, 0) is 39.0 Å². The van der Waals surface area contributed by atoms with Gasteiger partial charge in [-0.3, -0.25) is 4.79 Å². The number of carbonyl (C=O) groups is 2. The number of piperidine rings is 1. The normalized spacial score (nSPS) is 31.4. The number of carbonyl (C=O) groups excluding carboxylic acids is 2. The van der Waals surface area contributed by atoms with Gasteiger partial charge in [0.15, 0.2) is 0 Å². The number of morpholine rings is 1. The molecular formula is C22H37N5O3. The summed E-state index contributed by atoms with van der Waals surface area (Å²) >= 11 is 0. The van der Waals surface area contributed by atoms with Gasteiger partial charge in [-0.15, -0.1) is 0 Å². The molecule has 3 atom stereocenters. The summed E-state index contributed by atoms with van der Waals surface area (Å²) in [4.78, 5) is 27.9. The fraction of sp³-hybridized carbons (Fsp3) is 0.864. The molecule has 3 aliphatic rings. The molecule has 0 aromatic heterocycles. The SMILES string of the molecule is CC1CC(C#N)(NC(=O)C(CC2CCCCC2)NC(=O)N2CCOCC2)CC(C)N1. The maximum atomic E-state index is 13.3. The van der Waals surface area contributed by atoms with Crippen LogP contribution in [0.1, 0.15) is 65.2 Å². The van der Waals surface area contributed by atoms with Crippen molar-refractivity contribution < 1.29 is 14.3 Å². The molecule has 0 aromatic carbocycles. The lowest BCUT2D eigenvalue weighted by molar-refractivity contribution is -0.125. The fourth-order valence-corrected chi connectivity index (χ4v) is 5.27. The average Bonchev–Trinajstić information content (AvgIpc) is 2.73. The number of rotatable bonds is 5. The van der Waals surface area contributed by atoms with Gasteiger partial charge in [0.05, 0.1) is 19.3 Å². The van der Waals surface area contributed by atoms with Gasteiger partial charge in [-0.25, -0.2) is 4.79 Å². The number of ether oxygens (including phenoxy) is 1. The number of nitriles is 1. The third-order valence-electron chi connectivity index (χ3n) is 6.66. The van der Waals surface area contributed by atoms with Crippen molar-refractivity contribution in [2.45, 2.75) is 88.9 Å². The molecule has 0 spiro atoms. The molecule has 0 bridgehead atoms. The summed E-state index contributed by atoms with van der Waals surface area (Å²) in [7, 11) is 0. The lowest BCUT2D eigenvalue weighted by atomic mass is 9.81. The van der Waals surface area contributed by atoms with Gasteiger partial charge >= 0.3 is 6.03 Å². The summed E-state index contributed by atoms with van der Waals surface area (Å²) in [6, 6.07) is 1.83. The van der Waals surface area contributed by atoms with Crippen molar-refractivity contribution in [3.63, 3.8) is 0 Å². The zero-order valence-corrected chi connectivity index (χ0v) is 18.4. The highest BCUT2D eigenvalue weighted by Gasteiger charge is 2.41. The highest BCUT2D eigenvalue weighted by Crippen LogP contribution is 2.29. The van der Waals surface area contributed by atoms with E-state index in [1.54, 1.807) is 4.90 Å². The minimum absolute atomic E-state index is 0.147. The molecule has 8 nitrogen and oxygen atoms in total. The van der Waals surface area contributed by atoms with Crippen molar-refractivity contribution in [3.8, 4) is 6.07 Å². The van der Waals surface area contributed by atoms with E-state index in [2.05, 4.69) is 22.0 Å². The van der Waals surface area contributed by atoms with Crippen molar-refractivity contribution in [1.82, 2.24) is 20.9 Å². The lowest BCUT2D eigenvalue weighted by Crippen LogP contribution is -2.62. The summed E-state index contributed by atoms with van der Waals surface area (Å²) in [5.74, 6) is 0.202. The quantitative estimate of drug-likeness (QED) is 0.631. The van der Waals surface area contributed by atoms with Crippen LogP contribution in [0, 0.1) is 17.2 Å². The summed E-state index contributed by atoms with van der Waals surface area (Å²) in [5.41, 5.74) is -0.893. The van der Waals surface area contributed by atoms with E-state index in [-0.39, 0.29) is 24.0 Å². The van der Waals surface area contributed by atoms with E-state index in [0.717, 1.165) is 12.8 Å². The van der Waals surface area contributed by atoms with Gasteiger partial charge in [-0.2, -0.15) is 5.26 Å². The first kappa shape index (κ1) is 22.8. The fourth-order valence-electron chi connectivity index (χ4n) is 5.27. The third-order valence-corrected chi connectivity index (χ3v) is 6.66. The van der Waals surface area contributed by atoms with Crippen molar-refractivity contribution in [1.29, 1.82) is 5.26 Å². The average molecular weight is 420 g/mol. The Hall–Kier alpha value is -1.85. The highest BCUT2D eigenvalue weighted by atomic mass is 16.5. The molecule has 2 saturated heterocycles. The zero-order chi connectivity index (χ0) is 21.6. The van der Waals surface area contributed by atoms with Gasteiger partial charge in [0.25, 0.3) is 0 Å². The maximum Gasteiger partial charge on any atom is 0.318 e. The molecule has 0 aromatic rings. The summed E-state index contributed by atoms with van der Waals surface area (Å²) in [6.45, 7) is 6.18. The molecule has 3 unspecified atom stereocenters. The molecule has 3 rings (SSSR count). The third kappa shape index (κ3) is 6.08. The molecule has 168 valence electrons. The van der Waals surface area contributed by atoms with E-state index >= 15 is 0 Å². The smallest absolute Gasteiger partial charge is 0.318 e. The molecule has 2 aliphatic heterocycles. The van der Waals surface area contributed by atoms with Crippen LogP contribution in [-0.4, -0.2) is 66.8 Å². The van der Waals surface area contributed by atoms with Gasteiger partial charge in [0, 0.05) is 25.2 Å². The Labute approximate surface area is 180 Å². The summed E-state index contributed by atoms with van der Waals surface area (Å²) < 4.78 is 5.33. The second-order valence-electron chi connectivity index (χ2n) is 9.40. The minimum atomic E-state index is -0.893. The van der Waals surface area contributed by atoms with Gasteiger partial charge < -0.3 is 25.6 Å². The highest BCUT2D eigenvalue weighted by molar-refractivity contribution is 5.87. The predicted molar refractivity (Wildman–Crippen MR) is 114 cm³/mol. The van der Waals surface area contributed by atoms with E-state index in [1.165, 1.54) is 19.3 Å². The number of urea groups is 1. The molecule has 8 heteroatoms. The molecule has 1 saturated carbocycles. The van der Waals surface area contributed by atoms with Crippen molar-refractivity contribution in [2.24, 2.45) is 5.92 Å². The van der Waals surface area contributed by atoms with E-state index in [0.29, 0.717) is 51.5 Å². The van der Waals surface area contributed by atoms with E-state index in [4.69, 9.17) is 4.74 Å². The van der Waals surface area contributed by atoms with Crippen LogP contribution in [0.15, 0.2) is 0 Å². The van der Waals surface area contributed by atoms with Crippen molar-refractivity contribution in [3.05, 3.63) is 0 Å². The van der Waals surface area contributed by atoms with Crippen LogP contribution in [0.2, 0.25) is 0 Å².